The van der Waals surface area contributed by atoms with E-state index >= 15 is 0 Å². The third kappa shape index (κ3) is 2.95. The molecule has 160 valence electrons. The lowest BCUT2D eigenvalue weighted by Crippen LogP contribution is -2.17. The van der Waals surface area contributed by atoms with Crippen molar-refractivity contribution in [1.29, 1.82) is 0 Å². The number of hydrogen-bond acceptors (Lipinski definition) is 5. The molecule has 0 saturated heterocycles. The number of hydrogen-bond donors (Lipinski definition) is 3. The summed E-state index contributed by atoms with van der Waals surface area (Å²) in [6.45, 7) is 0. The number of rotatable bonds is 4. The second-order valence-electron chi connectivity index (χ2n) is 8.19. The second kappa shape index (κ2) is 7.26. The minimum atomic E-state index is -0.327. The van der Waals surface area contributed by atoms with Crippen molar-refractivity contribution in [3.63, 3.8) is 0 Å². The molecule has 1 aliphatic rings. The zero-order valence-electron chi connectivity index (χ0n) is 17.2. The van der Waals surface area contributed by atoms with E-state index in [2.05, 4.69) is 20.3 Å². The Kier molecular flexibility index (Phi) is 4.24. The lowest BCUT2D eigenvalue weighted by molar-refractivity contribution is 0.604. The van der Waals surface area contributed by atoms with Crippen LogP contribution in [0.1, 0.15) is 25.7 Å². The first-order chi connectivity index (χ1) is 15.7. The van der Waals surface area contributed by atoms with Crippen LogP contribution < -0.4 is 16.4 Å². The molecule has 1 saturated carbocycles. The Morgan fingerprint density at radius 2 is 1.94 bits per heavy atom. The minimum Gasteiger partial charge on any atom is -0.463 e. The number of para-hydroxylation sites is 1. The summed E-state index contributed by atoms with van der Waals surface area (Å²) < 4.78 is 7.31. The summed E-state index contributed by atoms with van der Waals surface area (Å²) in [5.41, 5.74) is 3.03. The van der Waals surface area contributed by atoms with Crippen LogP contribution in [-0.4, -0.2) is 25.6 Å². The average Bonchev–Trinajstić information content (AvgIpc) is 3.55. The summed E-state index contributed by atoms with van der Waals surface area (Å²) in [5.74, 6) is 0.536. The van der Waals surface area contributed by atoms with Gasteiger partial charge in [-0.15, -0.1) is 0 Å². The average molecular weight is 427 g/mol. The predicted molar refractivity (Wildman–Crippen MR) is 123 cm³/mol. The van der Waals surface area contributed by atoms with E-state index in [1.54, 1.807) is 24.5 Å². The summed E-state index contributed by atoms with van der Waals surface area (Å²) in [6, 6.07) is 12.9. The van der Waals surface area contributed by atoms with Crippen LogP contribution in [0.4, 0.5) is 5.82 Å². The highest BCUT2D eigenvalue weighted by molar-refractivity contribution is 5.84. The van der Waals surface area contributed by atoms with Gasteiger partial charge in [0.2, 0.25) is 5.43 Å². The molecule has 1 fully saturated rings. The van der Waals surface area contributed by atoms with Crippen molar-refractivity contribution in [2.45, 2.75) is 31.7 Å². The summed E-state index contributed by atoms with van der Waals surface area (Å²) >= 11 is 0. The quantitative estimate of drug-likeness (QED) is 0.399. The van der Waals surface area contributed by atoms with E-state index in [0.717, 1.165) is 36.7 Å². The first kappa shape index (κ1) is 18.7. The molecule has 0 atom stereocenters. The molecule has 1 aliphatic carbocycles. The standard InChI is InChI=1S/C24H21N5O3/c30-22-16-7-3-4-8-20(16)32-12-17(22)21-23(27-14-5-1-2-6-14)28-24(31)29(21)15-9-10-18-19(11-15)26-13-25-18/h3-4,7-14,27H,1-2,5-6H2,(H,25,26)(H,28,31). The van der Waals surface area contributed by atoms with Crippen molar-refractivity contribution >= 4 is 27.8 Å². The third-order valence-corrected chi connectivity index (χ3v) is 6.20. The van der Waals surface area contributed by atoms with Crippen molar-refractivity contribution in [1.82, 2.24) is 19.5 Å². The molecule has 3 N–H and O–H groups in total. The molecule has 32 heavy (non-hydrogen) atoms. The maximum absolute atomic E-state index is 13.4. The summed E-state index contributed by atoms with van der Waals surface area (Å²) in [6.07, 6.45) is 7.40. The molecular weight excluding hydrogens is 406 g/mol. The lowest BCUT2D eigenvalue weighted by Gasteiger charge is -2.15. The van der Waals surface area contributed by atoms with Gasteiger partial charge in [0.25, 0.3) is 0 Å². The zero-order valence-corrected chi connectivity index (χ0v) is 17.2. The number of fused-ring (bicyclic) bond motifs is 2. The van der Waals surface area contributed by atoms with E-state index in [-0.39, 0.29) is 17.2 Å². The number of aromatic amines is 2. The topological polar surface area (TPSA) is 109 Å². The molecule has 8 nitrogen and oxygen atoms in total. The molecule has 3 heterocycles. The van der Waals surface area contributed by atoms with Crippen LogP contribution in [0.5, 0.6) is 0 Å². The van der Waals surface area contributed by atoms with Crippen molar-refractivity contribution in [3.05, 3.63) is 75.8 Å². The van der Waals surface area contributed by atoms with Gasteiger partial charge < -0.3 is 14.7 Å². The fraction of sp³-hybridized carbons (Fsp3) is 0.208. The van der Waals surface area contributed by atoms with Crippen LogP contribution in [0.2, 0.25) is 0 Å². The Morgan fingerprint density at radius 3 is 2.81 bits per heavy atom. The largest absolute Gasteiger partial charge is 0.463 e. The molecule has 0 aliphatic heterocycles. The van der Waals surface area contributed by atoms with E-state index in [1.807, 2.05) is 24.3 Å². The van der Waals surface area contributed by atoms with Crippen molar-refractivity contribution in [2.75, 3.05) is 5.32 Å². The van der Waals surface area contributed by atoms with Gasteiger partial charge in [-0.1, -0.05) is 25.0 Å². The molecule has 8 heteroatoms. The molecule has 0 unspecified atom stereocenters. The monoisotopic (exact) mass is 427 g/mol. The van der Waals surface area contributed by atoms with Gasteiger partial charge in [0.1, 0.15) is 23.4 Å². The lowest BCUT2D eigenvalue weighted by atomic mass is 10.1. The third-order valence-electron chi connectivity index (χ3n) is 6.20. The van der Waals surface area contributed by atoms with Gasteiger partial charge >= 0.3 is 5.69 Å². The van der Waals surface area contributed by atoms with Gasteiger partial charge in [-0.05, 0) is 43.2 Å². The molecule has 2 aromatic carbocycles. The summed E-state index contributed by atoms with van der Waals surface area (Å²) in [4.78, 5) is 36.9. The maximum atomic E-state index is 13.4. The van der Waals surface area contributed by atoms with E-state index in [0.29, 0.717) is 33.7 Å². The fourth-order valence-corrected chi connectivity index (χ4v) is 4.62. The summed E-state index contributed by atoms with van der Waals surface area (Å²) in [7, 11) is 0. The molecule has 6 rings (SSSR count). The Balaban J connectivity index is 1.61. The highest BCUT2D eigenvalue weighted by atomic mass is 16.3. The molecule has 0 spiro atoms. The van der Waals surface area contributed by atoms with Gasteiger partial charge in [-0.3, -0.25) is 14.3 Å². The number of imidazole rings is 2. The number of H-pyrrole nitrogens is 2. The Hall–Kier alpha value is -4.07. The number of nitrogens with one attached hydrogen (secondary N) is 3. The normalized spacial score (nSPS) is 14.5. The SMILES string of the molecule is O=c1c(-c2c(NC3CCCC3)[nH]c(=O)n2-c2ccc3nc[nH]c3c2)coc2ccccc12. The minimum absolute atomic E-state index is 0.184. The number of nitrogens with zero attached hydrogens (tertiary/aromatic N) is 2. The fourth-order valence-electron chi connectivity index (χ4n) is 4.62. The van der Waals surface area contributed by atoms with E-state index in [4.69, 9.17) is 4.42 Å². The van der Waals surface area contributed by atoms with Crippen LogP contribution in [-0.2, 0) is 0 Å². The number of aromatic nitrogens is 4. The van der Waals surface area contributed by atoms with Gasteiger partial charge in [0.05, 0.1) is 34.0 Å². The highest BCUT2D eigenvalue weighted by Gasteiger charge is 2.24. The number of benzene rings is 2. The van der Waals surface area contributed by atoms with Crippen molar-refractivity contribution in [2.24, 2.45) is 0 Å². The highest BCUT2D eigenvalue weighted by Crippen LogP contribution is 2.31. The van der Waals surface area contributed by atoms with Crippen LogP contribution >= 0.6 is 0 Å². The van der Waals surface area contributed by atoms with E-state index < -0.39 is 0 Å². The smallest absolute Gasteiger partial charge is 0.332 e. The van der Waals surface area contributed by atoms with Crippen LogP contribution in [0.3, 0.4) is 0 Å². The van der Waals surface area contributed by atoms with Gasteiger partial charge in [0.15, 0.2) is 0 Å². The van der Waals surface area contributed by atoms with Crippen LogP contribution in [0.25, 0.3) is 38.9 Å². The van der Waals surface area contributed by atoms with Crippen molar-refractivity contribution < 1.29 is 4.42 Å². The first-order valence-corrected chi connectivity index (χ1v) is 10.7. The molecule has 0 amide bonds. The van der Waals surface area contributed by atoms with Gasteiger partial charge in [-0.25, -0.2) is 9.78 Å². The predicted octanol–water partition coefficient (Wildman–Crippen LogP) is 4.17. The van der Waals surface area contributed by atoms with Crippen molar-refractivity contribution in [3.8, 4) is 16.9 Å². The second-order valence-corrected chi connectivity index (χ2v) is 8.19. The first-order valence-electron chi connectivity index (χ1n) is 10.7. The molecular formula is C24H21N5O3. The molecule has 3 aromatic heterocycles. The van der Waals surface area contributed by atoms with Gasteiger partial charge in [-0.2, -0.15) is 0 Å². The van der Waals surface area contributed by atoms with Gasteiger partial charge in [0, 0.05) is 6.04 Å². The van der Waals surface area contributed by atoms with E-state index in [1.165, 1.54) is 10.8 Å². The van der Waals surface area contributed by atoms with E-state index in [9.17, 15) is 9.59 Å². The Labute approximate surface area is 181 Å². The zero-order chi connectivity index (χ0) is 21.7. The van der Waals surface area contributed by atoms with Crippen LogP contribution in [0.15, 0.2) is 69.1 Å². The summed E-state index contributed by atoms with van der Waals surface area (Å²) in [5, 5.41) is 3.94. The number of anilines is 1. The molecule has 0 radical (unpaired) electrons. The maximum Gasteiger partial charge on any atom is 0.332 e. The van der Waals surface area contributed by atoms with Crippen LogP contribution in [0, 0.1) is 0 Å². The Bertz CT molecular complexity index is 1570. The molecule has 5 aromatic rings. The molecule has 0 bridgehead atoms. The Morgan fingerprint density at radius 1 is 1.09 bits per heavy atom.